The SMILES string of the molecule is CC(=O)Nc1nc(F)c(CN2CCC3(Cc4cccnc4O3)C2)s1. The van der Waals surface area contributed by atoms with Crippen LogP contribution in [0.15, 0.2) is 18.3 Å². The molecule has 2 aromatic rings. The highest BCUT2D eigenvalue weighted by molar-refractivity contribution is 7.15. The number of amides is 1. The lowest BCUT2D eigenvalue weighted by molar-refractivity contribution is -0.114. The van der Waals surface area contributed by atoms with Gasteiger partial charge in [0.1, 0.15) is 5.60 Å². The molecule has 8 heteroatoms. The van der Waals surface area contributed by atoms with E-state index >= 15 is 0 Å². The van der Waals surface area contributed by atoms with Crippen molar-refractivity contribution in [1.29, 1.82) is 0 Å². The predicted octanol–water partition coefficient (Wildman–Crippen LogP) is 2.22. The van der Waals surface area contributed by atoms with E-state index in [2.05, 4.69) is 20.2 Å². The Labute approximate surface area is 142 Å². The van der Waals surface area contributed by atoms with Crippen molar-refractivity contribution in [2.45, 2.75) is 31.9 Å². The van der Waals surface area contributed by atoms with Gasteiger partial charge in [-0.2, -0.15) is 9.37 Å². The molecule has 1 spiro atoms. The number of fused-ring (bicyclic) bond motifs is 1. The van der Waals surface area contributed by atoms with E-state index in [4.69, 9.17) is 4.74 Å². The number of carbonyl (C=O) groups excluding carboxylic acids is 1. The molecule has 1 N–H and O–H groups in total. The average molecular weight is 348 g/mol. The maximum atomic E-state index is 14.0. The lowest BCUT2D eigenvalue weighted by Crippen LogP contribution is -2.37. The van der Waals surface area contributed by atoms with E-state index in [1.54, 1.807) is 6.20 Å². The van der Waals surface area contributed by atoms with E-state index in [0.717, 1.165) is 37.4 Å². The largest absolute Gasteiger partial charge is 0.469 e. The highest BCUT2D eigenvalue weighted by Crippen LogP contribution is 2.39. The van der Waals surface area contributed by atoms with E-state index in [9.17, 15) is 9.18 Å². The number of nitrogens with one attached hydrogen (secondary N) is 1. The number of likely N-dealkylation sites (tertiary alicyclic amines) is 1. The Balaban J connectivity index is 1.43. The zero-order valence-electron chi connectivity index (χ0n) is 13.2. The molecular weight excluding hydrogens is 331 g/mol. The molecule has 4 heterocycles. The number of pyridine rings is 1. The second-order valence-electron chi connectivity index (χ2n) is 6.30. The number of aromatic nitrogens is 2. The highest BCUT2D eigenvalue weighted by Gasteiger charge is 2.45. The first-order valence-corrected chi connectivity index (χ1v) is 8.63. The van der Waals surface area contributed by atoms with Crippen molar-refractivity contribution in [1.82, 2.24) is 14.9 Å². The van der Waals surface area contributed by atoms with Crippen LogP contribution in [0.1, 0.15) is 23.8 Å². The molecule has 0 radical (unpaired) electrons. The molecule has 126 valence electrons. The van der Waals surface area contributed by atoms with E-state index in [1.165, 1.54) is 18.3 Å². The van der Waals surface area contributed by atoms with Gasteiger partial charge in [-0.25, -0.2) is 4.98 Å². The van der Waals surface area contributed by atoms with Crippen LogP contribution >= 0.6 is 11.3 Å². The van der Waals surface area contributed by atoms with Crippen LogP contribution in [-0.2, 0) is 17.8 Å². The molecule has 0 aliphatic carbocycles. The van der Waals surface area contributed by atoms with Crippen molar-refractivity contribution in [3.05, 3.63) is 34.7 Å². The first kappa shape index (κ1) is 15.5. The van der Waals surface area contributed by atoms with Crippen LogP contribution in [0.25, 0.3) is 0 Å². The summed E-state index contributed by atoms with van der Waals surface area (Å²) in [5.74, 6) is -0.0432. The van der Waals surface area contributed by atoms with Gasteiger partial charge in [0.25, 0.3) is 0 Å². The van der Waals surface area contributed by atoms with E-state index < -0.39 is 5.95 Å². The molecule has 1 amide bonds. The van der Waals surface area contributed by atoms with Crippen LogP contribution in [0, 0.1) is 5.95 Å². The van der Waals surface area contributed by atoms with Gasteiger partial charge in [-0.15, -0.1) is 0 Å². The van der Waals surface area contributed by atoms with Crippen molar-refractivity contribution >= 4 is 22.4 Å². The lowest BCUT2D eigenvalue weighted by Gasteiger charge is -2.23. The van der Waals surface area contributed by atoms with Crippen LogP contribution in [0.5, 0.6) is 5.88 Å². The van der Waals surface area contributed by atoms with Gasteiger partial charge in [0.05, 0.1) is 4.88 Å². The molecular formula is C16H17FN4O2S. The van der Waals surface area contributed by atoms with Crippen molar-refractivity contribution in [2.75, 3.05) is 18.4 Å². The highest BCUT2D eigenvalue weighted by atomic mass is 32.1. The molecule has 0 aromatic carbocycles. The van der Waals surface area contributed by atoms with Gasteiger partial charge in [0.15, 0.2) is 5.13 Å². The minimum absolute atomic E-state index is 0.250. The molecule has 1 saturated heterocycles. The number of hydrogen-bond donors (Lipinski definition) is 1. The number of halogens is 1. The topological polar surface area (TPSA) is 67.4 Å². The summed E-state index contributed by atoms with van der Waals surface area (Å²) in [5.41, 5.74) is 0.884. The zero-order valence-corrected chi connectivity index (χ0v) is 14.0. The third kappa shape index (κ3) is 2.87. The molecule has 2 aromatic heterocycles. The Bertz CT molecular complexity index is 769. The summed E-state index contributed by atoms with van der Waals surface area (Å²) in [6.07, 6.45) is 3.47. The van der Waals surface area contributed by atoms with Crippen LogP contribution in [0.2, 0.25) is 0 Å². The Hall–Kier alpha value is -2.06. The molecule has 2 aliphatic heterocycles. The van der Waals surface area contributed by atoms with Crippen LogP contribution in [0.4, 0.5) is 9.52 Å². The number of anilines is 1. The summed E-state index contributed by atoms with van der Waals surface area (Å²) in [6.45, 7) is 3.42. The third-order valence-corrected chi connectivity index (χ3v) is 5.30. The maximum Gasteiger partial charge on any atom is 0.230 e. The fourth-order valence-corrected chi connectivity index (χ4v) is 4.30. The first-order chi connectivity index (χ1) is 11.5. The van der Waals surface area contributed by atoms with Crippen molar-refractivity contribution in [3.63, 3.8) is 0 Å². The van der Waals surface area contributed by atoms with Gasteiger partial charge < -0.3 is 10.1 Å². The van der Waals surface area contributed by atoms with Gasteiger partial charge in [-0.3, -0.25) is 9.69 Å². The van der Waals surface area contributed by atoms with Crippen molar-refractivity contribution in [3.8, 4) is 5.88 Å². The summed E-state index contributed by atoms with van der Waals surface area (Å²) in [5, 5.41) is 2.83. The van der Waals surface area contributed by atoms with E-state index in [1.807, 2.05) is 12.1 Å². The molecule has 24 heavy (non-hydrogen) atoms. The summed E-state index contributed by atoms with van der Waals surface area (Å²) in [6, 6.07) is 3.96. The molecule has 0 bridgehead atoms. The molecule has 4 rings (SSSR count). The summed E-state index contributed by atoms with van der Waals surface area (Å²) < 4.78 is 20.1. The Kier molecular flexibility index (Phi) is 3.73. The molecule has 1 fully saturated rings. The number of nitrogens with zero attached hydrogens (tertiary/aromatic N) is 3. The number of ether oxygens (including phenoxy) is 1. The quantitative estimate of drug-likeness (QED) is 0.921. The Morgan fingerprint density at radius 2 is 2.46 bits per heavy atom. The summed E-state index contributed by atoms with van der Waals surface area (Å²) >= 11 is 1.18. The van der Waals surface area contributed by atoms with E-state index in [0.29, 0.717) is 16.6 Å². The monoisotopic (exact) mass is 348 g/mol. The van der Waals surface area contributed by atoms with Crippen molar-refractivity contribution < 1.29 is 13.9 Å². The minimum atomic E-state index is -0.512. The van der Waals surface area contributed by atoms with Gasteiger partial charge in [-0.1, -0.05) is 17.4 Å². The Morgan fingerprint density at radius 3 is 3.25 bits per heavy atom. The van der Waals surface area contributed by atoms with Crippen molar-refractivity contribution in [2.24, 2.45) is 0 Å². The van der Waals surface area contributed by atoms with Gasteiger partial charge in [-0.05, 0) is 6.07 Å². The second kappa shape index (κ2) is 5.78. The number of carbonyl (C=O) groups is 1. The molecule has 2 aliphatic rings. The van der Waals surface area contributed by atoms with Gasteiger partial charge >= 0.3 is 0 Å². The fourth-order valence-electron chi connectivity index (χ4n) is 3.37. The maximum absolute atomic E-state index is 14.0. The first-order valence-electron chi connectivity index (χ1n) is 7.81. The van der Waals surface area contributed by atoms with E-state index in [-0.39, 0.29) is 11.5 Å². The van der Waals surface area contributed by atoms with Crippen LogP contribution in [0.3, 0.4) is 0 Å². The summed E-state index contributed by atoms with van der Waals surface area (Å²) in [7, 11) is 0. The number of rotatable bonds is 3. The summed E-state index contributed by atoms with van der Waals surface area (Å²) in [4.78, 5) is 21.8. The minimum Gasteiger partial charge on any atom is -0.469 e. The van der Waals surface area contributed by atoms with Crippen LogP contribution < -0.4 is 10.1 Å². The normalized spacial score (nSPS) is 22.6. The predicted molar refractivity (Wildman–Crippen MR) is 87.6 cm³/mol. The number of thiazole rings is 1. The second-order valence-corrected chi connectivity index (χ2v) is 7.39. The molecule has 0 saturated carbocycles. The average Bonchev–Trinajstić information content (AvgIpc) is 3.17. The third-order valence-electron chi connectivity index (χ3n) is 4.37. The van der Waals surface area contributed by atoms with Gasteiger partial charge in [0, 0.05) is 51.2 Å². The van der Waals surface area contributed by atoms with Crippen LogP contribution in [-0.4, -0.2) is 39.5 Å². The molecule has 1 unspecified atom stereocenters. The standard InChI is InChI=1S/C16H17FN4O2S/c1-10(22)19-15-20-13(17)12(24-15)8-21-6-4-16(9-21)7-11-3-2-5-18-14(11)23-16/h2-3,5H,4,6-9H2,1H3,(H,19,20,22). The lowest BCUT2D eigenvalue weighted by atomic mass is 9.97. The Morgan fingerprint density at radius 1 is 1.58 bits per heavy atom. The smallest absolute Gasteiger partial charge is 0.230 e. The number of hydrogen-bond acceptors (Lipinski definition) is 6. The molecule has 1 atom stereocenters. The fraction of sp³-hybridized carbons (Fsp3) is 0.438. The zero-order chi connectivity index (χ0) is 16.7. The van der Waals surface area contributed by atoms with Gasteiger partial charge in [0.2, 0.25) is 17.7 Å². The molecule has 6 nitrogen and oxygen atoms in total.